The first kappa shape index (κ1) is 16.5. The Balaban J connectivity index is 2.27. The summed E-state index contributed by atoms with van der Waals surface area (Å²) < 4.78 is 6.26. The van der Waals surface area contributed by atoms with Gasteiger partial charge in [-0.2, -0.15) is 0 Å². The second kappa shape index (κ2) is 7.41. The molecule has 0 saturated carbocycles. The molecule has 1 saturated heterocycles. The molecular weight excluding hydrogens is 330 g/mol. The lowest BCUT2D eigenvalue weighted by atomic mass is 9.85. The highest BCUT2D eigenvalue weighted by Gasteiger charge is 2.37. The number of carbonyl (C=O) groups is 1. The Morgan fingerprint density at radius 2 is 1.86 bits per heavy atom. The van der Waals surface area contributed by atoms with E-state index < -0.39 is 0 Å². The van der Waals surface area contributed by atoms with Crippen molar-refractivity contribution in [3.8, 4) is 0 Å². The number of likely N-dealkylation sites (tertiary alicyclic amines) is 1. The van der Waals surface area contributed by atoms with Crippen LogP contribution in [0.3, 0.4) is 0 Å². The summed E-state index contributed by atoms with van der Waals surface area (Å²) >= 11 is 3.48. The number of esters is 1. The van der Waals surface area contributed by atoms with Gasteiger partial charge in [-0.15, -0.1) is 0 Å². The van der Waals surface area contributed by atoms with Crippen molar-refractivity contribution in [2.24, 2.45) is 0 Å². The van der Waals surface area contributed by atoms with Crippen molar-refractivity contribution in [3.05, 3.63) is 34.3 Å². The minimum atomic E-state index is -0.284. The van der Waals surface area contributed by atoms with Crippen LogP contribution in [-0.4, -0.2) is 30.6 Å². The summed E-state index contributed by atoms with van der Waals surface area (Å²) in [6.45, 7) is 6.56. The van der Waals surface area contributed by atoms with Crippen molar-refractivity contribution < 1.29 is 9.53 Å². The van der Waals surface area contributed by atoms with Gasteiger partial charge in [0.05, 0.1) is 18.6 Å². The van der Waals surface area contributed by atoms with Gasteiger partial charge >= 0.3 is 5.97 Å². The Morgan fingerprint density at radius 1 is 1.24 bits per heavy atom. The summed E-state index contributed by atoms with van der Waals surface area (Å²) in [6, 6.07) is 8.31. The quantitative estimate of drug-likeness (QED) is 0.746. The summed E-state index contributed by atoms with van der Waals surface area (Å²) in [5.74, 6) is -0.117. The van der Waals surface area contributed by atoms with Crippen LogP contribution in [0.4, 0.5) is 0 Å². The topological polar surface area (TPSA) is 29.5 Å². The highest BCUT2D eigenvalue weighted by atomic mass is 79.9. The molecule has 21 heavy (non-hydrogen) atoms. The molecule has 1 aromatic carbocycles. The van der Waals surface area contributed by atoms with Crippen molar-refractivity contribution in [3.63, 3.8) is 0 Å². The second-order valence-electron chi connectivity index (χ2n) is 5.81. The summed E-state index contributed by atoms with van der Waals surface area (Å²) in [4.78, 5) is 14.5. The fraction of sp³-hybridized carbons (Fsp3) is 0.588. The third kappa shape index (κ3) is 4.07. The SMILES string of the molecule is CCOC(=O)CC(C)(c1ccc(Br)cc1)N1CCCCC1. The molecule has 1 aromatic rings. The molecule has 0 N–H and O–H groups in total. The third-order valence-corrected chi connectivity index (χ3v) is 4.84. The zero-order chi connectivity index (χ0) is 15.3. The van der Waals surface area contributed by atoms with Crippen molar-refractivity contribution in [2.75, 3.05) is 19.7 Å². The average molecular weight is 354 g/mol. The molecule has 0 aromatic heterocycles. The molecule has 1 atom stereocenters. The predicted molar refractivity (Wildman–Crippen MR) is 88.2 cm³/mol. The highest BCUT2D eigenvalue weighted by molar-refractivity contribution is 9.10. The summed E-state index contributed by atoms with van der Waals surface area (Å²) in [6.07, 6.45) is 4.10. The number of nitrogens with zero attached hydrogens (tertiary/aromatic N) is 1. The third-order valence-electron chi connectivity index (χ3n) is 4.31. The van der Waals surface area contributed by atoms with E-state index in [2.05, 4.69) is 39.9 Å². The van der Waals surface area contributed by atoms with E-state index in [4.69, 9.17) is 4.74 Å². The Hall–Kier alpha value is -0.870. The molecule has 1 heterocycles. The number of ether oxygens (including phenoxy) is 1. The molecule has 1 aliphatic rings. The van der Waals surface area contributed by atoms with Crippen molar-refractivity contribution in [1.82, 2.24) is 4.90 Å². The predicted octanol–water partition coefficient (Wildman–Crippen LogP) is 4.10. The first-order chi connectivity index (χ1) is 10.1. The minimum Gasteiger partial charge on any atom is -0.466 e. The van der Waals surface area contributed by atoms with Crippen LogP contribution in [0.5, 0.6) is 0 Å². The zero-order valence-electron chi connectivity index (χ0n) is 12.9. The van der Waals surface area contributed by atoms with Gasteiger partial charge in [-0.3, -0.25) is 9.69 Å². The molecule has 116 valence electrons. The zero-order valence-corrected chi connectivity index (χ0v) is 14.5. The molecular formula is C17H24BrNO2. The summed E-state index contributed by atoms with van der Waals surface area (Å²) in [5.41, 5.74) is 0.897. The van der Waals surface area contributed by atoms with Crippen LogP contribution in [0.1, 0.15) is 45.1 Å². The molecule has 3 nitrogen and oxygen atoms in total. The lowest BCUT2D eigenvalue weighted by molar-refractivity contribution is -0.146. The minimum absolute atomic E-state index is 0.117. The van der Waals surface area contributed by atoms with Crippen molar-refractivity contribution in [2.45, 2.75) is 45.1 Å². The lowest BCUT2D eigenvalue weighted by Crippen LogP contribution is -2.48. The number of rotatable bonds is 5. The fourth-order valence-corrected chi connectivity index (χ4v) is 3.35. The number of piperidine rings is 1. The largest absolute Gasteiger partial charge is 0.466 e. The van der Waals surface area contributed by atoms with E-state index in [0.29, 0.717) is 13.0 Å². The monoisotopic (exact) mass is 353 g/mol. The molecule has 0 spiro atoms. The van der Waals surface area contributed by atoms with Gasteiger partial charge in [0.2, 0.25) is 0 Å². The molecule has 0 aliphatic carbocycles. The maximum Gasteiger partial charge on any atom is 0.307 e. The number of benzene rings is 1. The average Bonchev–Trinajstić information content (AvgIpc) is 2.49. The van der Waals surface area contributed by atoms with Crippen LogP contribution in [0.15, 0.2) is 28.7 Å². The number of halogens is 1. The summed E-state index contributed by atoms with van der Waals surface area (Å²) in [5, 5.41) is 0. The van der Waals surface area contributed by atoms with Crippen LogP contribution >= 0.6 is 15.9 Å². The molecule has 4 heteroatoms. The summed E-state index contributed by atoms with van der Waals surface area (Å²) in [7, 11) is 0. The van der Waals surface area contributed by atoms with E-state index in [1.54, 1.807) is 0 Å². The van der Waals surface area contributed by atoms with Crippen molar-refractivity contribution in [1.29, 1.82) is 0 Å². The molecule has 2 rings (SSSR count). The second-order valence-corrected chi connectivity index (χ2v) is 6.73. The Bertz CT molecular complexity index is 468. The van der Waals surface area contributed by atoms with E-state index in [9.17, 15) is 4.79 Å². The molecule has 1 aliphatic heterocycles. The molecule has 1 unspecified atom stereocenters. The van der Waals surface area contributed by atoms with Crippen molar-refractivity contribution >= 4 is 21.9 Å². The van der Waals surface area contributed by atoms with Crippen LogP contribution < -0.4 is 0 Å². The van der Waals surface area contributed by atoms with Gasteiger partial charge in [-0.1, -0.05) is 34.5 Å². The first-order valence-electron chi connectivity index (χ1n) is 7.73. The Morgan fingerprint density at radius 3 is 2.43 bits per heavy atom. The van der Waals surface area contributed by atoms with E-state index in [1.807, 2.05) is 19.1 Å². The maximum atomic E-state index is 12.1. The van der Waals surface area contributed by atoms with Gasteiger partial charge in [0.15, 0.2) is 0 Å². The molecule has 0 bridgehead atoms. The fourth-order valence-electron chi connectivity index (χ4n) is 3.09. The van der Waals surface area contributed by atoms with Gasteiger partial charge in [-0.25, -0.2) is 0 Å². The number of hydrogen-bond acceptors (Lipinski definition) is 3. The van der Waals surface area contributed by atoms with E-state index in [0.717, 1.165) is 17.6 Å². The van der Waals surface area contributed by atoms with Gasteiger partial charge in [0, 0.05) is 4.47 Å². The lowest BCUT2D eigenvalue weighted by Gasteiger charge is -2.43. The van der Waals surface area contributed by atoms with Crippen LogP contribution in [0.2, 0.25) is 0 Å². The van der Waals surface area contributed by atoms with Crippen LogP contribution in [0, 0.1) is 0 Å². The highest BCUT2D eigenvalue weighted by Crippen LogP contribution is 2.35. The molecule has 0 amide bonds. The van der Waals surface area contributed by atoms with E-state index in [1.165, 1.54) is 24.8 Å². The smallest absolute Gasteiger partial charge is 0.307 e. The standard InChI is InChI=1S/C17H24BrNO2/c1-3-21-16(20)13-17(2,19-11-5-4-6-12-19)14-7-9-15(18)10-8-14/h7-10H,3-6,11-13H2,1-2H3. The maximum absolute atomic E-state index is 12.1. The number of carbonyl (C=O) groups excluding carboxylic acids is 1. The van der Waals surface area contributed by atoms with Gasteiger partial charge in [0.25, 0.3) is 0 Å². The first-order valence-corrected chi connectivity index (χ1v) is 8.52. The Kier molecular flexibility index (Phi) is 5.82. The number of hydrogen-bond donors (Lipinski definition) is 0. The molecule has 0 radical (unpaired) electrons. The van der Waals surface area contributed by atoms with Gasteiger partial charge in [0.1, 0.15) is 0 Å². The van der Waals surface area contributed by atoms with Gasteiger partial charge in [-0.05, 0) is 57.5 Å². The van der Waals surface area contributed by atoms with Crippen LogP contribution in [-0.2, 0) is 15.1 Å². The van der Waals surface area contributed by atoms with Gasteiger partial charge < -0.3 is 4.74 Å². The van der Waals surface area contributed by atoms with E-state index >= 15 is 0 Å². The normalized spacial score (nSPS) is 19.0. The Labute approximate surface area is 135 Å². The molecule has 1 fully saturated rings. The van der Waals surface area contributed by atoms with E-state index in [-0.39, 0.29) is 11.5 Å². The van der Waals surface area contributed by atoms with Crippen LogP contribution in [0.25, 0.3) is 0 Å².